The molecule has 0 aliphatic rings. The molecule has 0 spiro atoms. The van der Waals surface area contributed by atoms with Gasteiger partial charge in [-0.05, 0) is 42.0 Å². The van der Waals surface area contributed by atoms with E-state index >= 15 is 0 Å². The van der Waals surface area contributed by atoms with Crippen LogP contribution >= 0.6 is 24.0 Å². The Labute approximate surface area is 187 Å². The van der Waals surface area contributed by atoms with Crippen LogP contribution in [0.25, 0.3) is 0 Å². The number of guanidine groups is 1. The Balaban J connectivity index is 0.00000300. The van der Waals surface area contributed by atoms with Crippen molar-refractivity contribution in [3.63, 3.8) is 0 Å². The first-order valence-electron chi connectivity index (χ1n) is 8.95. The lowest BCUT2D eigenvalue weighted by atomic mass is 10.2. The maximum absolute atomic E-state index is 14.4. The highest BCUT2D eigenvalue weighted by molar-refractivity contribution is 14.0. The van der Waals surface area contributed by atoms with Gasteiger partial charge in [0.25, 0.3) is 0 Å². The molecule has 0 saturated heterocycles. The van der Waals surface area contributed by atoms with E-state index in [4.69, 9.17) is 4.74 Å². The number of aromatic nitrogens is 2. The standard InChI is InChI=1S/C21H24FN5O.HI/c1-23-21(27(3)15-17-6-5-11-26(17)2)25-13-16-8-9-20(19(22)12-16)28-18-7-4-10-24-14-18;/h4-12,14H,13,15H2,1-3H3,(H,23,25);1H. The number of nitrogens with one attached hydrogen (secondary N) is 1. The molecule has 1 N–H and O–H groups in total. The number of hydrogen-bond acceptors (Lipinski definition) is 3. The van der Waals surface area contributed by atoms with E-state index < -0.39 is 5.82 Å². The minimum atomic E-state index is -0.421. The molecule has 0 bridgehead atoms. The summed E-state index contributed by atoms with van der Waals surface area (Å²) in [5.74, 6) is 0.976. The molecule has 0 saturated carbocycles. The third kappa shape index (κ3) is 6.18. The average molecular weight is 509 g/mol. The van der Waals surface area contributed by atoms with Gasteiger partial charge in [-0.1, -0.05) is 6.07 Å². The lowest BCUT2D eigenvalue weighted by molar-refractivity contribution is 0.439. The van der Waals surface area contributed by atoms with Crippen LogP contribution in [0.3, 0.4) is 0 Å². The molecular formula is C21H25FIN5O. The average Bonchev–Trinajstić information content (AvgIpc) is 3.09. The number of rotatable bonds is 6. The zero-order chi connectivity index (χ0) is 19.9. The predicted octanol–water partition coefficient (Wildman–Crippen LogP) is 4.18. The molecule has 0 amide bonds. The highest BCUT2D eigenvalue weighted by Gasteiger charge is 2.10. The quantitative estimate of drug-likeness (QED) is 0.308. The number of nitrogens with zero attached hydrogens (tertiary/aromatic N) is 4. The van der Waals surface area contributed by atoms with Crippen molar-refractivity contribution in [2.75, 3.05) is 14.1 Å². The van der Waals surface area contributed by atoms with Gasteiger partial charge in [0.1, 0.15) is 5.75 Å². The van der Waals surface area contributed by atoms with Gasteiger partial charge < -0.3 is 19.5 Å². The number of halogens is 2. The van der Waals surface area contributed by atoms with E-state index in [1.807, 2.05) is 37.3 Å². The van der Waals surface area contributed by atoms with E-state index in [0.717, 1.165) is 18.1 Å². The van der Waals surface area contributed by atoms with E-state index in [-0.39, 0.29) is 29.7 Å². The molecule has 2 heterocycles. The molecule has 0 aliphatic carbocycles. The van der Waals surface area contributed by atoms with E-state index in [2.05, 4.69) is 25.9 Å². The zero-order valence-corrected chi connectivity index (χ0v) is 19.0. The van der Waals surface area contributed by atoms with Crippen molar-refractivity contribution in [2.24, 2.45) is 12.0 Å². The second-order valence-electron chi connectivity index (χ2n) is 6.42. The molecule has 154 valence electrons. The van der Waals surface area contributed by atoms with Crippen molar-refractivity contribution in [1.82, 2.24) is 19.8 Å². The SMILES string of the molecule is CN=C(NCc1ccc(Oc2cccnc2)c(F)c1)N(C)Cc1cccn1C.I. The maximum Gasteiger partial charge on any atom is 0.194 e. The molecule has 0 unspecified atom stereocenters. The molecule has 0 aliphatic heterocycles. The third-order valence-electron chi connectivity index (χ3n) is 4.33. The normalized spacial score (nSPS) is 11.0. The van der Waals surface area contributed by atoms with Gasteiger partial charge in [-0.2, -0.15) is 0 Å². The molecule has 0 atom stereocenters. The summed E-state index contributed by atoms with van der Waals surface area (Å²) in [6.45, 7) is 1.17. The monoisotopic (exact) mass is 509 g/mol. The minimum absolute atomic E-state index is 0. The summed E-state index contributed by atoms with van der Waals surface area (Å²) in [7, 11) is 5.71. The summed E-state index contributed by atoms with van der Waals surface area (Å²) < 4.78 is 22.0. The predicted molar refractivity (Wildman–Crippen MR) is 123 cm³/mol. The van der Waals surface area contributed by atoms with E-state index in [0.29, 0.717) is 12.3 Å². The zero-order valence-electron chi connectivity index (χ0n) is 16.7. The number of ether oxygens (including phenoxy) is 1. The second-order valence-corrected chi connectivity index (χ2v) is 6.42. The van der Waals surface area contributed by atoms with Gasteiger partial charge >= 0.3 is 0 Å². The fourth-order valence-corrected chi connectivity index (χ4v) is 2.82. The van der Waals surface area contributed by atoms with Crippen molar-refractivity contribution >= 4 is 29.9 Å². The number of aryl methyl sites for hydroxylation is 1. The molecule has 3 aromatic rings. The van der Waals surface area contributed by atoms with Crippen molar-refractivity contribution in [2.45, 2.75) is 13.1 Å². The molecule has 29 heavy (non-hydrogen) atoms. The first-order valence-corrected chi connectivity index (χ1v) is 8.95. The lowest BCUT2D eigenvalue weighted by Crippen LogP contribution is -2.38. The Bertz CT molecular complexity index is 945. The molecular weight excluding hydrogens is 484 g/mol. The van der Waals surface area contributed by atoms with Crippen molar-refractivity contribution < 1.29 is 9.13 Å². The van der Waals surface area contributed by atoms with Crippen LogP contribution in [0.1, 0.15) is 11.3 Å². The molecule has 1 aromatic carbocycles. The molecule has 3 rings (SSSR count). The smallest absolute Gasteiger partial charge is 0.194 e. The van der Waals surface area contributed by atoms with Gasteiger partial charge in [0.2, 0.25) is 0 Å². The third-order valence-corrected chi connectivity index (χ3v) is 4.33. The highest BCUT2D eigenvalue weighted by atomic mass is 127. The first-order chi connectivity index (χ1) is 13.6. The fraction of sp³-hybridized carbons (Fsp3) is 0.238. The number of aliphatic imine (C=N–C) groups is 1. The number of pyridine rings is 1. The van der Waals surface area contributed by atoms with Crippen LogP contribution in [0.2, 0.25) is 0 Å². The van der Waals surface area contributed by atoms with E-state index in [9.17, 15) is 4.39 Å². The number of hydrogen-bond donors (Lipinski definition) is 1. The van der Waals surface area contributed by atoms with Crippen LogP contribution in [0.4, 0.5) is 4.39 Å². The summed E-state index contributed by atoms with van der Waals surface area (Å²) >= 11 is 0. The van der Waals surface area contributed by atoms with Crippen LogP contribution in [-0.2, 0) is 20.1 Å². The molecule has 0 fully saturated rings. The van der Waals surface area contributed by atoms with E-state index in [1.54, 1.807) is 37.6 Å². The van der Waals surface area contributed by atoms with Gasteiger partial charge in [-0.3, -0.25) is 9.98 Å². The topological polar surface area (TPSA) is 54.7 Å². The molecule has 6 nitrogen and oxygen atoms in total. The highest BCUT2D eigenvalue weighted by Crippen LogP contribution is 2.24. The van der Waals surface area contributed by atoms with Gasteiger partial charge in [-0.15, -0.1) is 24.0 Å². The van der Waals surface area contributed by atoms with Crippen molar-refractivity contribution in [3.05, 3.63) is 78.1 Å². The Morgan fingerprint density at radius 2 is 2.10 bits per heavy atom. The fourth-order valence-electron chi connectivity index (χ4n) is 2.82. The first kappa shape index (κ1) is 22.7. The van der Waals surface area contributed by atoms with Crippen LogP contribution in [0, 0.1) is 5.82 Å². The van der Waals surface area contributed by atoms with Gasteiger partial charge in [-0.25, -0.2) is 4.39 Å². The summed E-state index contributed by atoms with van der Waals surface area (Å²) in [6, 6.07) is 12.5. The van der Waals surface area contributed by atoms with Crippen molar-refractivity contribution in [3.8, 4) is 11.5 Å². The van der Waals surface area contributed by atoms with Crippen LogP contribution in [0.15, 0.2) is 66.0 Å². The van der Waals surface area contributed by atoms with Crippen LogP contribution in [-0.4, -0.2) is 34.5 Å². The minimum Gasteiger partial charge on any atom is -0.453 e. The molecule has 2 aromatic heterocycles. The largest absolute Gasteiger partial charge is 0.453 e. The molecule has 8 heteroatoms. The Hall–Kier alpha value is -2.62. The Morgan fingerprint density at radius 3 is 2.72 bits per heavy atom. The van der Waals surface area contributed by atoms with Gasteiger partial charge in [0.05, 0.1) is 12.7 Å². The summed E-state index contributed by atoms with van der Waals surface area (Å²) in [5.41, 5.74) is 1.97. The Morgan fingerprint density at radius 1 is 1.28 bits per heavy atom. The Kier molecular flexibility index (Phi) is 8.44. The summed E-state index contributed by atoms with van der Waals surface area (Å²) in [4.78, 5) is 10.3. The second kappa shape index (κ2) is 10.8. The van der Waals surface area contributed by atoms with Crippen molar-refractivity contribution in [1.29, 1.82) is 0 Å². The van der Waals surface area contributed by atoms with E-state index in [1.165, 1.54) is 11.8 Å². The number of benzene rings is 1. The summed E-state index contributed by atoms with van der Waals surface area (Å²) in [5, 5.41) is 3.26. The summed E-state index contributed by atoms with van der Waals surface area (Å²) in [6.07, 6.45) is 5.19. The lowest BCUT2D eigenvalue weighted by Gasteiger charge is -2.22. The molecule has 0 radical (unpaired) electrons. The van der Waals surface area contributed by atoms with Gasteiger partial charge in [0.15, 0.2) is 17.5 Å². The van der Waals surface area contributed by atoms with Crippen LogP contribution in [0.5, 0.6) is 11.5 Å². The van der Waals surface area contributed by atoms with Crippen LogP contribution < -0.4 is 10.1 Å². The van der Waals surface area contributed by atoms with Gasteiger partial charge in [0, 0.05) is 45.8 Å². The maximum atomic E-state index is 14.4.